The molecule has 0 bridgehead atoms. The number of hydrogen-bond acceptors (Lipinski definition) is 5. The highest BCUT2D eigenvalue weighted by atomic mass is 16.5. The van der Waals surface area contributed by atoms with Gasteiger partial charge in [-0.3, -0.25) is 9.59 Å². The van der Waals surface area contributed by atoms with Gasteiger partial charge in [-0.15, -0.1) is 0 Å². The Labute approximate surface area is 162 Å². The summed E-state index contributed by atoms with van der Waals surface area (Å²) in [4.78, 5) is 39.9. The zero-order valence-electron chi connectivity index (χ0n) is 16.1. The molecule has 1 atom stereocenters. The minimum absolute atomic E-state index is 0.0119. The monoisotopic (exact) mass is 379 g/mol. The fourth-order valence-corrected chi connectivity index (χ4v) is 3.40. The number of esters is 1. The lowest BCUT2D eigenvalue weighted by molar-refractivity contribution is 0.0314. The van der Waals surface area contributed by atoms with E-state index in [2.05, 4.69) is 4.98 Å². The quantitative estimate of drug-likeness (QED) is 0.513. The number of aryl methyl sites for hydroxylation is 1. The van der Waals surface area contributed by atoms with Crippen LogP contribution in [0.3, 0.4) is 0 Å². The Morgan fingerprint density at radius 1 is 1.07 bits per heavy atom. The average Bonchev–Trinajstić information content (AvgIpc) is 2.94. The maximum absolute atomic E-state index is 12.7. The zero-order valence-corrected chi connectivity index (χ0v) is 16.1. The highest BCUT2D eigenvalue weighted by Gasteiger charge is 2.27. The first-order chi connectivity index (χ1) is 13.2. The second-order valence-corrected chi connectivity index (χ2v) is 6.81. The van der Waals surface area contributed by atoms with Gasteiger partial charge in [0.05, 0.1) is 5.69 Å². The number of rotatable bonds is 5. The first kappa shape index (κ1) is 19.4. The van der Waals surface area contributed by atoms with E-state index in [0.717, 1.165) is 10.8 Å². The molecule has 144 valence electrons. The van der Waals surface area contributed by atoms with Gasteiger partial charge in [0.2, 0.25) is 5.78 Å². The minimum Gasteiger partial charge on any atom is -0.507 e. The molecule has 28 heavy (non-hydrogen) atoms. The third kappa shape index (κ3) is 3.41. The van der Waals surface area contributed by atoms with Gasteiger partial charge in [0.1, 0.15) is 11.3 Å². The van der Waals surface area contributed by atoms with E-state index in [4.69, 9.17) is 4.74 Å². The number of aromatic hydroxyl groups is 1. The molecule has 2 aromatic carbocycles. The maximum Gasteiger partial charge on any atom is 0.342 e. The molecule has 0 fully saturated rings. The number of H-pyrrole nitrogens is 1. The smallest absolute Gasteiger partial charge is 0.342 e. The summed E-state index contributed by atoms with van der Waals surface area (Å²) >= 11 is 0. The van der Waals surface area contributed by atoms with Crippen LogP contribution in [0.15, 0.2) is 36.4 Å². The topological polar surface area (TPSA) is 96.5 Å². The van der Waals surface area contributed by atoms with E-state index in [1.54, 1.807) is 13.8 Å². The number of benzene rings is 2. The lowest BCUT2D eigenvalue weighted by Gasteiger charge is -2.13. The highest BCUT2D eigenvalue weighted by molar-refractivity contribution is 6.06. The largest absolute Gasteiger partial charge is 0.507 e. The Morgan fingerprint density at radius 2 is 1.68 bits per heavy atom. The molecular weight excluding hydrogens is 358 g/mol. The predicted octanol–water partition coefficient (Wildman–Crippen LogP) is 4.12. The van der Waals surface area contributed by atoms with E-state index in [1.807, 2.05) is 24.3 Å². The number of Topliss-reactive ketones (excluding diaryl/α,β-unsaturated/α-hetero) is 2. The van der Waals surface area contributed by atoms with Gasteiger partial charge in [-0.1, -0.05) is 24.3 Å². The lowest BCUT2D eigenvalue weighted by atomic mass is 10.0. The van der Waals surface area contributed by atoms with Gasteiger partial charge in [-0.2, -0.15) is 0 Å². The fraction of sp³-hybridized carbons (Fsp3) is 0.227. The number of aromatic amines is 1. The van der Waals surface area contributed by atoms with Gasteiger partial charge >= 0.3 is 5.97 Å². The van der Waals surface area contributed by atoms with Crippen LogP contribution in [-0.4, -0.2) is 33.7 Å². The van der Waals surface area contributed by atoms with Crippen LogP contribution in [-0.2, 0) is 4.74 Å². The summed E-state index contributed by atoms with van der Waals surface area (Å²) in [5.74, 6) is -1.59. The summed E-state index contributed by atoms with van der Waals surface area (Å²) < 4.78 is 5.29. The SMILES string of the molecule is CC(=O)c1c(C)[nH]c(C(=O)C(C)OC(=O)c2cc3ccccc3cc2O)c1C. The molecule has 0 radical (unpaired) electrons. The molecule has 6 nitrogen and oxygen atoms in total. The van der Waals surface area contributed by atoms with E-state index in [-0.39, 0.29) is 22.8 Å². The number of ether oxygens (including phenoxy) is 1. The third-order valence-electron chi connectivity index (χ3n) is 4.77. The van der Waals surface area contributed by atoms with Crippen LogP contribution in [0.2, 0.25) is 0 Å². The molecule has 3 aromatic rings. The summed E-state index contributed by atoms with van der Waals surface area (Å²) in [6.45, 7) is 6.28. The number of carbonyl (C=O) groups is 3. The summed E-state index contributed by atoms with van der Waals surface area (Å²) in [7, 11) is 0. The number of aromatic nitrogens is 1. The van der Waals surface area contributed by atoms with Gasteiger partial charge in [-0.25, -0.2) is 4.79 Å². The van der Waals surface area contributed by atoms with Crippen LogP contribution in [0.4, 0.5) is 0 Å². The molecule has 0 aliphatic rings. The van der Waals surface area contributed by atoms with E-state index in [9.17, 15) is 19.5 Å². The second kappa shape index (κ2) is 7.31. The summed E-state index contributed by atoms with van der Waals surface area (Å²) in [6, 6.07) is 10.3. The second-order valence-electron chi connectivity index (χ2n) is 6.81. The van der Waals surface area contributed by atoms with Crippen molar-refractivity contribution >= 4 is 28.3 Å². The van der Waals surface area contributed by atoms with Gasteiger partial charge in [-0.05, 0) is 56.2 Å². The molecule has 0 spiro atoms. The number of hydrogen-bond donors (Lipinski definition) is 2. The van der Waals surface area contributed by atoms with Crippen LogP contribution >= 0.6 is 0 Å². The zero-order chi connectivity index (χ0) is 20.6. The van der Waals surface area contributed by atoms with Crippen molar-refractivity contribution in [2.45, 2.75) is 33.8 Å². The molecule has 2 N–H and O–H groups in total. The van der Waals surface area contributed by atoms with E-state index >= 15 is 0 Å². The first-order valence-electron chi connectivity index (χ1n) is 8.87. The van der Waals surface area contributed by atoms with Crippen molar-refractivity contribution in [2.24, 2.45) is 0 Å². The lowest BCUT2D eigenvalue weighted by Crippen LogP contribution is -2.25. The van der Waals surface area contributed by atoms with E-state index in [1.165, 1.54) is 26.0 Å². The Hall–Kier alpha value is -3.41. The van der Waals surface area contributed by atoms with E-state index in [0.29, 0.717) is 16.8 Å². The van der Waals surface area contributed by atoms with Gasteiger partial charge in [0.25, 0.3) is 0 Å². The summed E-state index contributed by atoms with van der Waals surface area (Å²) in [5, 5.41) is 11.7. The molecule has 1 unspecified atom stereocenters. The number of nitrogens with one attached hydrogen (secondary N) is 1. The molecule has 6 heteroatoms. The van der Waals surface area contributed by atoms with Crippen LogP contribution in [0.1, 0.15) is 56.3 Å². The molecule has 0 saturated heterocycles. The van der Waals surface area contributed by atoms with E-state index < -0.39 is 17.9 Å². The van der Waals surface area contributed by atoms with Crippen molar-refractivity contribution < 1.29 is 24.2 Å². The summed E-state index contributed by atoms with van der Waals surface area (Å²) in [5.41, 5.74) is 1.83. The Balaban J connectivity index is 1.85. The average molecular weight is 379 g/mol. The number of phenolic OH excluding ortho intramolecular Hbond substituents is 1. The van der Waals surface area contributed by atoms with Crippen molar-refractivity contribution in [3.8, 4) is 5.75 Å². The molecule has 0 saturated carbocycles. The van der Waals surface area contributed by atoms with Crippen LogP contribution < -0.4 is 0 Å². The number of phenols is 1. The maximum atomic E-state index is 12.7. The molecule has 3 rings (SSSR count). The minimum atomic E-state index is -1.09. The molecule has 0 aliphatic heterocycles. The predicted molar refractivity (Wildman–Crippen MR) is 105 cm³/mol. The Morgan fingerprint density at radius 3 is 2.25 bits per heavy atom. The molecular formula is C22H21NO5. The van der Waals surface area contributed by atoms with Crippen molar-refractivity contribution in [1.29, 1.82) is 0 Å². The van der Waals surface area contributed by atoms with Crippen molar-refractivity contribution in [3.63, 3.8) is 0 Å². The standard InChI is InChI=1S/C22H21NO5/c1-11-19(13(3)24)12(2)23-20(11)21(26)14(4)28-22(27)17-9-15-7-5-6-8-16(15)10-18(17)25/h5-10,14,23,25H,1-4H3. The number of fused-ring (bicyclic) bond motifs is 1. The number of ketones is 2. The Bertz CT molecular complexity index is 1110. The summed E-state index contributed by atoms with van der Waals surface area (Å²) in [6.07, 6.45) is -1.09. The van der Waals surface area contributed by atoms with Gasteiger partial charge < -0.3 is 14.8 Å². The van der Waals surface area contributed by atoms with Crippen LogP contribution in [0, 0.1) is 13.8 Å². The van der Waals surface area contributed by atoms with Gasteiger partial charge in [0, 0.05) is 11.3 Å². The normalized spacial score (nSPS) is 12.0. The van der Waals surface area contributed by atoms with Crippen molar-refractivity contribution in [2.75, 3.05) is 0 Å². The first-order valence-corrected chi connectivity index (χ1v) is 8.87. The van der Waals surface area contributed by atoms with Crippen molar-refractivity contribution in [1.82, 2.24) is 4.98 Å². The molecule has 1 aromatic heterocycles. The van der Waals surface area contributed by atoms with Gasteiger partial charge in [0.15, 0.2) is 11.9 Å². The van der Waals surface area contributed by atoms with Crippen LogP contribution in [0.25, 0.3) is 10.8 Å². The molecule has 1 heterocycles. The van der Waals surface area contributed by atoms with Crippen LogP contribution in [0.5, 0.6) is 5.75 Å². The molecule has 0 amide bonds. The third-order valence-corrected chi connectivity index (χ3v) is 4.77. The fourth-order valence-electron chi connectivity index (χ4n) is 3.40. The highest BCUT2D eigenvalue weighted by Crippen LogP contribution is 2.26. The molecule has 0 aliphatic carbocycles. The Kier molecular flexibility index (Phi) is 5.05. The van der Waals surface area contributed by atoms with Crippen molar-refractivity contribution in [3.05, 3.63) is 64.5 Å². The number of carbonyl (C=O) groups excluding carboxylic acids is 3.